The smallest absolute Gasteiger partial charge is 0.191 e. The van der Waals surface area contributed by atoms with Gasteiger partial charge >= 0.3 is 0 Å². The van der Waals surface area contributed by atoms with E-state index in [-0.39, 0.29) is 5.82 Å². The lowest BCUT2D eigenvalue weighted by Gasteiger charge is -2.26. The van der Waals surface area contributed by atoms with E-state index in [9.17, 15) is 4.39 Å². The monoisotopic (exact) mass is 400 g/mol. The molecule has 0 saturated carbocycles. The molecule has 2 aromatic carbocycles. The van der Waals surface area contributed by atoms with E-state index in [1.165, 1.54) is 6.07 Å². The lowest BCUT2D eigenvalue weighted by molar-refractivity contribution is 0.0322. The van der Waals surface area contributed by atoms with Gasteiger partial charge in [0.2, 0.25) is 0 Å². The third-order valence-electron chi connectivity index (χ3n) is 4.77. The Bertz CT molecular complexity index is 794. The van der Waals surface area contributed by atoms with Crippen molar-refractivity contribution in [3.8, 4) is 5.75 Å². The molecule has 7 heteroatoms. The van der Waals surface area contributed by atoms with Crippen LogP contribution in [0.15, 0.2) is 53.5 Å². The first-order valence-corrected chi connectivity index (χ1v) is 9.94. The van der Waals surface area contributed by atoms with E-state index in [0.717, 1.165) is 44.2 Å². The standard InChI is InChI=1S/C22H29FN4O2/c1-24-22(26-17-19-6-2-3-8-21(19)23)25-16-18-5-4-7-20(15-18)29-14-11-27-9-12-28-13-10-27/h2-8,15H,9-14,16-17H2,1H3,(H2,24,25,26). The van der Waals surface area contributed by atoms with Gasteiger partial charge in [-0.2, -0.15) is 0 Å². The summed E-state index contributed by atoms with van der Waals surface area (Å²) in [7, 11) is 1.70. The summed E-state index contributed by atoms with van der Waals surface area (Å²) in [6, 6.07) is 14.7. The van der Waals surface area contributed by atoms with Gasteiger partial charge in [-0.3, -0.25) is 9.89 Å². The fourth-order valence-corrected chi connectivity index (χ4v) is 3.09. The Morgan fingerprint density at radius 2 is 1.90 bits per heavy atom. The maximum atomic E-state index is 13.7. The topological polar surface area (TPSA) is 58.1 Å². The number of halogens is 1. The lowest BCUT2D eigenvalue weighted by Crippen LogP contribution is -2.38. The minimum Gasteiger partial charge on any atom is -0.492 e. The zero-order chi connectivity index (χ0) is 20.3. The largest absolute Gasteiger partial charge is 0.492 e. The summed E-state index contributed by atoms with van der Waals surface area (Å²) in [5, 5.41) is 6.38. The third-order valence-corrected chi connectivity index (χ3v) is 4.77. The number of nitrogens with zero attached hydrogens (tertiary/aromatic N) is 2. The molecular formula is C22H29FN4O2. The zero-order valence-corrected chi connectivity index (χ0v) is 16.9. The summed E-state index contributed by atoms with van der Waals surface area (Å²) in [6.45, 7) is 6.05. The van der Waals surface area contributed by atoms with Crippen molar-refractivity contribution in [1.82, 2.24) is 15.5 Å². The summed E-state index contributed by atoms with van der Waals surface area (Å²) in [6.07, 6.45) is 0. The van der Waals surface area contributed by atoms with E-state index in [4.69, 9.17) is 9.47 Å². The molecule has 0 amide bonds. The molecule has 0 atom stereocenters. The second-order valence-electron chi connectivity index (χ2n) is 6.82. The molecule has 0 radical (unpaired) electrons. The van der Waals surface area contributed by atoms with Crippen molar-refractivity contribution in [2.45, 2.75) is 13.1 Å². The van der Waals surface area contributed by atoms with Crippen LogP contribution in [0, 0.1) is 5.82 Å². The fraction of sp³-hybridized carbons (Fsp3) is 0.409. The van der Waals surface area contributed by atoms with Crippen LogP contribution in [-0.4, -0.2) is 57.4 Å². The van der Waals surface area contributed by atoms with Gasteiger partial charge in [-0.1, -0.05) is 30.3 Å². The van der Waals surface area contributed by atoms with Crippen LogP contribution in [0.4, 0.5) is 4.39 Å². The van der Waals surface area contributed by atoms with Crippen LogP contribution in [0.2, 0.25) is 0 Å². The molecule has 6 nitrogen and oxygen atoms in total. The minimum atomic E-state index is -0.225. The van der Waals surface area contributed by atoms with Gasteiger partial charge in [0, 0.05) is 45.3 Å². The number of aliphatic imine (C=N–C) groups is 1. The Labute approximate surface area is 171 Å². The van der Waals surface area contributed by atoms with Crippen molar-refractivity contribution in [3.05, 3.63) is 65.5 Å². The Balaban J connectivity index is 1.43. The van der Waals surface area contributed by atoms with Gasteiger partial charge in [0.25, 0.3) is 0 Å². The van der Waals surface area contributed by atoms with Crippen molar-refractivity contribution in [1.29, 1.82) is 0 Å². The van der Waals surface area contributed by atoms with Crippen molar-refractivity contribution in [2.75, 3.05) is 46.5 Å². The van der Waals surface area contributed by atoms with Gasteiger partial charge in [0.05, 0.1) is 13.2 Å². The maximum Gasteiger partial charge on any atom is 0.191 e. The first-order valence-electron chi connectivity index (χ1n) is 9.94. The average Bonchev–Trinajstić information content (AvgIpc) is 2.76. The van der Waals surface area contributed by atoms with Crippen LogP contribution in [0.3, 0.4) is 0 Å². The first kappa shape index (κ1) is 21.1. The molecule has 1 heterocycles. The molecule has 0 spiro atoms. The number of morpholine rings is 1. The highest BCUT2D eigenvalue weighted by atomic mass is 19.1. The predicted octanol–water partition coefficient (Wildman–Crippen LogP) is 2.40. The number of hydrogen-bond donors (Lipinski definition) is 2. The quantitative estimate of drug-likeness (QED) is 0.526. The average molecular weight is 400 g/mol. The maximum absolute atomic E-state index is 13.7. The van der Waals surface area contributed by atoms with Crippen molar-refractivity contribution in [3.63, 3.8) is 0 Å². The lowest BCUT2D eigenvalue weighted by atomic mass is 10.2. The summed E-state index contributed by atoms with van der Waals surface area (Å²) in [5.74, 6) is 1.25. The van der Waals surface area contributed by atoms with Crippen LogP contribution >= 0.6 is 0 Å². The second kappa shape index (κ2) is 11.4. The molecule has 3 rings (SSSR count). The summed E-state index contributed by atoms with van der Waals surface area (Å²) < 4.78 is 25.0. The molecule has 156 valence electrons. The van der Waals surface area contributed by atoms with E-state index >= 15 is 0 Å². The van der Waals surface area contributed by atoms with Gasteiger partial charge in [-0.15, -0.1) is 0 Å². The molecule has 1 fully saturated rings. The van der Waals surface area contributed by atoms with Gasteiger partial charge in [-0.05, 0) is 23.8 Å². The number of rotatable bonds is 8. The molecule has 29 heavy (non-hydrogen) atoms. The number of benzene rings is 2. The molecule has 0 unspecified atom stereocenters. The van der Waals surface area contributed by atoms with Gasteiger partial charge in [0.1, 0.15) is 18.2 Å². The van der Waals surface area contributed by atoms with Crippen LogP contribution < -0.4 is 15.4 Å². The minimum absolute atomic E-state index is 0.225. The summed E-state index contributed by atoms with van der Waals surface area (Å²) >= 11 is 0. The van der Waals surface area contributed by atoms with Gasteiger partial charge in [0.15, 0.2) is 5.96 Å². The molecular weight excluding hydrogens is 371 g/mol. The molecule has 0 aromatic heterocycles. The van der Waals surface area contributed by atoms with E-state index in [1.54, 1.807) is 19.2 Å². The fourth-order valence-electron chi connectivity index (χ4n) is 3.09. The van der Waals surface area contributed by atoms with Crippen molar-refractivity contribution < 1.29 is 13.9 Å². The van der Waals surface area contributed by atoms with Crippen LogP contribution in [0.1, 0.15) is 11.1 Å². The number of nitrogens with one attached hydrogen (secondary N) is 2. The Morgan fingerprint density at radius 3 is 2.69 bits per heavy atom. The van der Waals surface area contributed by atoms with Crippen LogP contribution in [0.25, 0.3) is 0 Å². The molecule has 1 aliphatic heterocycles. The van der Waals surface area contributed by atoms with E-state index < -0.39 is 0 Å². The summed E-state index contributed by atoms with van der Waals surface area (Å²) in [4.78, 5) is 6.54. The van der Waals surface area contributed by atoms with Crippen molar-refractivity contribution >= 4 is 5.96 Å². The summed E-state index contributed by atoms with van der Waals surface area (Å²) in [5.41, 5.74) is 1.69. The number of ether oxygens (including phenoxy) is 2. The highest BCUT2D eigenvalue weighted by molar-refractivity contribution is 5.79. The first-order chi connectivity index (χ1) is 14.2. The Kier molecular flexibility index (Phi) is 8.27. The van der Waals surface area contributed by atoms with Crippen LogP contribution in [-0.2, 0) is 17.8 Å². The van der Waals surface area contributed by atoms with E-state index in [0.29, 0.717) is 31.2 Å². The molecule has 0 bridgehead atoms. The molecule has 2 N–H and O–H groups in total. The third kappa shape index (κ3) is 7.03. The normalized spacial score (nSPS) is 15.2. The zero-order valence-electron chi connectivity index (χ0n) is 16.9. The number of guanidine groups is 1. The van der Waals surface area contributed by atoms with Gasteiger partial charge < -0.3 is 20.1 Å². The number of hydrogen-bond acceptors (Lipinski definition) is 4. The Hall–Kier alpha value is -2.64. The van der Waals surface area contributed by atoms with E-state index in [2.05, 4.69) is 20.5 Å². The second-order valence-corrected chi connectivity index (χ2v) is 6.82. The Morgan fingerprint density at radius 1 is 1.10 bits per heavy atom. The molecule has 2 aromatic rings. The predicted molar refractivity (Wildman–Crippen MR) is 113 cm³/mol. The van der Waals surface area contributed by atoms with E-state index in [1.807, 2.05) is 30.3 Å². The molecule has 1 aliphatic rings. The SMILES string of the molecule is CN=C(NCc1cccc(OCCN2CCOCC2)c1)NCc1ccccc1F. The van der Waals surface area contributed by atoms with Crippen molar-refractivity contribution in [2.24, 2.45) is 4.99 Å². The molecule has 0 aliphatic carbocycles. The molecule has 1 saturated heterocycles. The van der Waals surface area contributed by atoms with Gasteiger partial charge in [-0.25, -0.2) is 4.39 Å². The highest BCUT2D eigenvalue weighted by Crippen LogP contribution is 2.13. The van der Waals surface area contributed by atoms with Crippen LogP contribution in [0.5, 0.6) is 5.75 Å². The highest BCUT2D eigenvalue weighted by Gasteiger charge is 2.10.